The molecule has 266 valence electrons. The van der Waals surface area contributed by atoms with E-state index in [0.29, 0.717) is 48.6 Å². The maximum absolute atomic E-state index is 12.6. The number of allylic oxidation sites excluding steroid dienone is 1. The van der Waals surface area contributed by atoms with Crippen LogP contribution in [0.15, 0.2) is 119 Å². The topological polar surface area (TPSA) is 129 Å². The number of rotatable bonds is 18. The van der Waals surface area contributed by atoms with Gasteiger partial charge in [-0.2, -0.15) is 0 Å². The molecule has 0 unspecified atom stereocenters. The Kier molecular flexibility index (Phi) is 12.2. The van der Waals surface area contributed by atoms with Crippen LogP contribution in [0.1, 0.15) is 46.9 Å². The molecule has 0 aliphatic carbocycles. The van der Waals surface area contributed by atoms with Crippen molar-refractivity contribution in [1.82, 2.24) is 20.3 Å². The monoisotopic (exact) mass is 698 g/mol. The van der Waals surface area contributed by atoms with Crippen molar-refractivity contribution in [3.63, 3.8) is 0 Å². The predicted octanol–water partition coefficient (Wildman–Crippen LogP) is 7.29. The summed E-state index contributed by atoms with van der Waals surface area (Å²) in [5.74, 6) is 1.80. The Morgan fingerprint density at radius 1 is 0.904 bits per heavy atom. The Bertz CT molecular complexity index is 2170. The fourth-order valence-electron chi connectivity index (χ4n) is 5.62. The van der Waals surface area contributed by atoms with Gasteiger partial charge in [0.1, 0.15) is 35.2 Å². The van der Waals surface area contributed by atoms with Crippen molar-refractivity contribution in [3.8, 4) is 28.6 Å². The van der Waals surface area contributed by atoms with Crippen molar-refractivity contribution in [2.75, 3.05) is 26.3 Å². The Labute approximate surface area is 302 Å². The molecule has 2 N–H and O–H groups in total. The van der Waals surface area contributed by atoms with E-state index in [1.54, 1.807) is 30.3 Å². The number of phenols is 1. The molecule has 6 rings (SSSR count). The van der Waals surface area contributed by atoms with Gasteiger partial charge in [0.15, 0.2) is 11.2 Å². The fourth-order valence-corrected chi connectivity index (χ4v) is 5.62. The lowest BCUT2D eigenvalue weighted by molar-refractivity contribution is 0.104. The molecule has 0 aliphatic rings. The minimum absolute atomic E-state index is 0.00976. The number of benzene rings is 4. The zero-order valence-corrected chi connectivity index (χ0v) is 29.2. The quantitative estimate of drug-likeness (QED) is 0.0540. The van der Waals surface area contributed by atoms with E-state index in [1.165, 1.54) is 12.1 Å². The van der Waals surface area contributed by atoms with Crippen LogP contribution in [0.3, 0.4) is 0 Å². The molecule has 0 spiro atoms. The van der Waals surface area contributed by atoms with E-state index >= 15 is 0 Å². The number of carbonyl (C=O) groups is 1. The molecule has 0 amide bonds. The van der Waals surface area contributed by atoms with Gasteiger partial charge in [0, 0.05) is 30.9 Å². The van der Waals surface area contributed by atoms with E-state index in [2.05, 4.69) is 15.6 Å². The summed E-state index contributed by atoms with van der Waals surface area (Å²) >= 11 is 0. The zero-order valence-electron chi connectivity index (χ0n) is 29.2. The Morgan fingerprint density at radius 3 is 2.48 bits per heavy atom. The number of carbonyl (C=O) groups excluding carboxylic acids is 1. The van der Waals surface area contributed by atoms with Crippen molar-refractivity contribution in [2.24, 2.45) is 0 Å². The third kappa shape index (κ3) is 9.82. The first-order chi connectivity index (χ1) is 25.4. The van der Waals surface area contributed by atoms with Crippen LogP contribution >= 0.6 is 0 Å². The van der Waals surface area contributed by atoms with Crippen LogP contribution in [0.5, 0.6) is 17.2 Å². The first-order valence-electron chi connectivity index (χ1n) is 17.6. The maximum Gasteiger partial charge on any atom is 0.193 e. The number of aromatic hydroxyl groups is 1. The number of aryl methyl sites for hydroxylation is 2. The SMILES string of the molecule is CCc1ccc(O)c(C(=O)C=Cc2ccc(OCCCCc3cn(CCNCCOc4ccc(-c5cc(=O)c6ccccc6o5)cc4)nn3)cc2)c1. The summed E-state index contributed by atoms with van der Waals surface area (Å²) < 4.78 is 19.5. The molecule has 10 nitrogen and oxygen atoms in total. The highest BCUT2D eigenvalue weighted by molar-refractivity contribution is 6.08. The predicted molar refractivity (Wildman–Crippen MR) is 202 cm³/mol. The first-order valence-corrected chi connectivity index (χ1v) is 17.6. The van der Waals surface area contributed by atoms with Gasteiger partial charge in [-0.1, -0.05) is 48.5 Å². The molecule has 4 aromatic carbocycles. The van der Waals surface area contributed by atoms with Crippen LogP contribution in [0, 0.1) is 0 Å². The number of unbranched alkanes of at least 4 members (excludes halogenated alkanes) is 1. The van der Waals surface area contributed by atoms with Gasteiger partial charge in [-0.15, -0.1) is 5.10 Å². The maximum atomic E-state index is 12.6. The van der Waals surface area contributed by atoms with Crippen LogP contribution < -0.4 is 20.2 Å². The lowest BCUT2D eigenvalue weighted by Crippen LogP contribution is -2.25. The molecule has 0 fully saturated rings. The zero-order chi connectivity index (χ0) is 36.1. The number of aromatic nitrogens is 3. The van der Waals surface area contributed by atoms with Crippen LogP contribution in [-0.4, -0.2) is 52.2 Å². The van der Waals surface area contributed by atoms with Crippen molar-refractivity contribution in [3.05, 3.63) is 142 Å². The Hall–Kier alpha value is -6.00. The van der Waals surface area contributed by atoms with Crippen molar-refractivity contribution < 1.29 is 23.8 Å². The van der Waals surface area contributed by atoms with Gasteiger partial charge in [-0.05, 0) is 104 Å². The second-order valence-electron chi connectivity index (χ2n) is 12.3. The number of hydrogen-bond donors (Lipinski definition) is 2. The number of hydrogen-bond acceptors (Lipinski definition) is 9. The van der Waals surface area contributed by atoms with Gasteiger partial charge in [0.25, 0.3) is 0 Å². The highest BCUT2D eigenvalue weighted by Crippen LogP contribution is 2.25. The largest absolute Gasteiger partial charge is 0.507 e. The molecule has 2 heterocycles. The number of ketones is 1. The summed E-state index contributed by atoms with van der Waals surface area (Å²) in [5.41, 5.74) is 4.46. The first kappa shape index (κ1) is 35.8. The summed E-state index contributed by atoms with van der Waals surface area (Å²) in [6.07, 6.45) is 8.63. The lowest BCUT2D eigenvalue weighted by Gasteiger charge is -2.08. The van der Waals surface area contributed by atoms with E-state index in [9.17, 15) is 14.7 Å². The van der Waals surface area contributed by atoms with Gasteiger partial charge < -0.3 is 24.3 Å². The Morgan fingerprint density at radius 2 is 1.67 bits per heavy atom. The molecule has 0 atom stereocenters. The van der Waals surface area contributed by atoms with Gasteiger partial charge in [0.2, 0.25) is 0 Å². The van der Waals surface area contributed by atoms with E-state index < -0.39 is 0 Å². The van der Waals surface area contributed by atoms with E-state index in [-0.39, 0.29) is 17.0 Å². The minimum atomic E-state index is -0.233. The van der Waals surface area contributed by atoms with E-state index in [1.807, 2.05) is 84.5 Å². The molecule has 10 heteroatoms. The van der Waals surface area contributed by atoms with Crippen molar-refractivity contribution in [1.29, 1.82) is 0 Å². The normalized spacial score (nSPS) is 11.3. The molecule has 0 saturated heterocycles. The van der Waals surface area contributed by atoms with Crippen LogP contribution in [0.4, 0.5) is 0 Å². The van der Waals surface area contributed by atoms with Gasteiger partial charge in [-0.3, -0.25) is 14.3 Å². The molecule has 0 radical (unpaired) electrons. The molecule has 0 saturated carbocycles. The highest BCUT2D eigenvalue weighted by Gasteiger charge is 2.10. The highest BCUT2D eigenvalue weighted by atomic mass is 16.5. The molecule has 2 aromatic heterocycles. The van der Waals surface area contributed by atoms with Gasteiger partial charge in [-0.25, -0.2) is 0 Å². The molecular formula is C42H42N4O6. The van der Waals surface area contributed by atoms with Crippen LogP contribution in [0.2, 0.25) is 0 Å². The second-order valence-corrected chi connectivity index (χ2v) is 12.3. The summed E-state index contributed by atoms with van der Waals surface area (Å²) in [6, 6.07) is 29.0. The van der Waals surface area contributed by atoms with Crippen molar-refractivity contribution in [2.45, 2.75) is 39.2 Å². The number of nitrogens with one attached hydrogen (secondary N) is 1. The molecule has 0 aliphatic heterocycles. The third-order valence-electron chi connectivity index (χ3n) is 8.56. The van der Waals surface area contributed by atoms with Gasteiger partial charge >= 0.3 is 0 Å². The third-order valence-corrected chi connectivity index (χ3v) is 8.56. The van der Waals surface area contributed by atoms with Crippen LogP contribution in [0.25, 0.3) is 28.4 Å². The summed E-state index contributed by atoms with van der Waals surface area (Å²) in [5, 5.41) is 22.5. The standard InChI is InChI=1S/C42H42N4O6/c1-2-30-12-20-38(47)37(27-30)39(48)21-13-31-10-16-34(17-11-31)50-25-6-5-7-33-29-46(45-44-33)24-22-43-23-26-51-35-18-14-32(15-19-35)42-28-40(49)36-8-3-4-9-41(36)52-42/h3-4,8-21,27-29,43,47H,2,5-7,22-26H2,1H3. The summed E-state index contributed by atoms with van der Waals surface area (Å²) in [7, 11) is 0. The average Bonchev–Trinajstić information content (AvgIpc) is 3.63. The number of phenolic OH excluding ortho intramolecular Hbond substituents is 1. The lowest BCUT2D eigenvalue weighted by atomic mass is 10.0. The molecule has 52 heavy (non-hydrogen) atoms. The molecule has 0 bridgehead atoms. The number of nitrogens with zero attached hydrogens (tertiary/aromatic N) is 3. The smallest absolute Gasteiger partial charge is 0.193 e. The second kappa shape index (κ2) is 17.8. The van der Waals surface area contributed by atoms with E-state index in [0.717, 1.165) is 66.1 Å². The van der Waals surface area contributed by atoms with Crippen LogP contribution in [-0.2, 0) is 19.4 Å². The van der Waals surface area contributed by atoms with Gasteiger partial charge in [0.05, 0.1) is 29.8 Å². The van der Waals surface area contributed by atoms with E-state index in [4.69, 9.17) is 13.9 Å². The minimum Gasteiger partial charge on any atom is -0.507 e. The molecule has 6 aromatic rings. The number of para-hydroxylation sites is 1. The average molecular weight is 699 g/mol. The summed E-state index contributed by atoms with van der Waals surface area (Å²) in [6.45, 7) is 5.23. The number of fused-ring (bicyclic) bond motifs is 1. The number of ether oxygens (including phenoxy) is 2. The fraction of sp³-hybridized carbons (Fsp3) is 0.238. The Balaban J connectivity index is 0.828. The van der Waals surface area contributed by atoms with Crippen molar-refractivity contribution >= 4 is 22.8 Å². The summed E-state index contributed by atoms with van der Waals surface area (Å²) in [4.78, 5) is 25.0. The molecular weight excluding hydrogens is 656 g/mol.